The van der Waals surface area contributed by atoms with Crippen molar-refractivity contribution in [3.8, 4) is 0 Å². The van der Waals surface area contributed by atoms with E-state index >= 15 is 0 Å². The highest BCUT2D eigenvalue weighted by molar-refractivity contribution is 6.51. The topological polar surface area (TPSA) is 9.23 Å². The molecule has 1 nitrogen and oxygen atoms in total. The van der Waals surface area contributed by atoms with Crippen LogP contribution in [0, 0.1) is 0 Å². The molecule has 0 radical (unpaired) electrons. The first kappa shape index (κ1) is 11.3. The molecule has 0 saturated heterocycles. The number of methoxy groups -OCH3 is 1. The molecule has 1 fully saturated rings. The average Bonchev–Trinajstić information content (AvgIpc) is 2.00. The third-order valence-corrected chi connectivity index (χ3v) is 2.84. The van der Waals surface area contributed by atoms with E-state index < -0.39 is 22.0 Å². The Bertz CT molecular complexity index is 223. The van der Waals surface area contributed by atoms with Gasteiger partial charge in [0.15, 0.2) is 0 Å². The number of alkyl halides is 7. The van der Waals surface area contributed by atoms with Crippen molar-refractivity contribution in [1.82, 2.24) is 0 Å². The minimum Gasteiger partial charge on any atom is -0.342 e. The third kappa shape index (κ3) is 0.824. The van der Waals surface area contributed by atoms with Gasteiger partial charge in [0.25, 0.3) is 4.33 Å². The predicted molar refractivity (Wildman–Crippen MR) is 35.2 cm³/mol. The number of ether oxygens (including phenoxy) is 1. The van der Waals surface area contributed by atoms with Crippen LogP contribution >= 0.6 is 23.2 Å². The Labute approximate surface area is 79.7 Å². The first-order valence-corrected chi connectivity index (χ1v) is 3.69. The molecule has 1 aliphatic carbocycles. The van der Waals surface area contributed by atoms with E-state index in [4.69, 9.17) is 23.2 Å². The molecule has 0 aromatic rings. The fourth-order valence-corrected chi connectivity index (χ4v) is 1.62. The maximum absolute atomic E-state index is 13.0. The number of rotatable bonds is 1. The van der Waals surface area contributed by atoms with Gasteiger partial charge in [-0.15, -0.1) is 0 Å². The molecule has 1 rings (SSSR count). The highest BCUT2D eigenvalue weighted by Gasteiger charge is 2.97. The summed E-state index contributed by atoms with van der Waals surface area (Å²) in [6, 6.07) is 0. The lowest BCUT2D eigenvalue weighted by molar-refractivity contribution is -0.433. The Morgan fingerprint density at radius 3 is 1.46 bits per heavy atom. The summed E-state index contributed by atoms with van der Waals surface area (Å²) >= 11 is 9.45. The van der Waals surface area contributed by atoms with Crippen molar-refractivity contribution >= 4 is 23.2 Å². The quantitative estimate of drug-likeness (QED) is 0.509. The molecule has 78 valence electrons. The summed E-state index contributed by atoms with van der Waals surface area (Å²) in [5.41, 5.74) is 0. The van der Waals surface area contributed by atoms with Gasteiger partial charge in [-0.2, -0.15) is 17.6 Å². The first-order valence-electron chi connectivity index (χ1n) is 2.94. The monoisotopic (exact) mass is 244 g/mol. The summed E-state index contributed by atoms with van der Waals surface area (Å²) in [6.45, 7) is 0. The molecule has 1 unspecified atom stereocenters. The van der Waals surface area contributed by atoms with Gasteiger partial charge in [-0.1, -0.05) is 23.2 Å². The normalized spacial score (nSPS) is 39.7. The molecule has 0 aromatic heterocycles. The lowest BCUT2D eigenvalue weighted by Gasteiger charge is -2.55. The van der Waals surface area contributed by atoms with E-state index in [2.05, 4.69) is 4.74 Å². The van der Waals surface area contributed by atoms with Gasteiger partial charge in [0, 0.05) is 7.11 Å². The molecule has 0 aliphatic heterocycles. The van der Waals surface area contributed by atoms with Crippen LogP contribution in [-0.4, -0.2) is 29.1 Å². The number of halogens is 7. The van der Waals surface area contributed by atoms with Crippen LogP contribution in [0.15, 0.2) is 0 Å². The summed E-state index contributed by atoms with van der Waals surface area (Å²) in [7, 11) is 0.475. The summed E-state index contributed by atoms with van der Waals surface area (Å²) in [6.07, 6.45) is 0. The van der Waals surface area contributed by atoms with Crippen molar-refractivity contribution in [2.24, 2.45) is 0 Å². The van der Waals surface area contributed by atoms with Gasteiger partial charge in [0.2, 0.25) is 0 Å². The average molecular weight is 245 g/mol. The lowest BCUT2D eigenvalue weighted by Crippen LogP contribution is -2.83. The van der Waals surface area contributed by atoms with Crippen molar-refractivity contribution in [2.45, 2.75) is 22.0 Å². The molecule has 0 spiro atoms. The summed E-state index contributed by atoms with van der Waals surface area (Å²) < 4.78 is 62.7. The van der Waals surface area contributed by atoms with Crippen LogP contribution in [0.4, 0.5) is 22.0 Å². The highest BCUT2D eigenvalue weighted by atomic mass is 35.5. The van der Waals surface area contributed by atoms with Crippen LogP contribution in [0.1, 0.15) is 0 Å². The zero-order valence-electron chi connectivity index (χ0n) is 6.05. The second-order valence-electron chi connectivity index (χ2n) is 2.52. The number of hydrogen-bond donors (Lipinski definition) is 0. The van der Waals surface area contributed by atoms with Crippen LogP contribution in [0.3, 0.4) is 0 Å². The van der Waals surface area contributed by atoms with Crippen molar-refractivity contribution in [1.29, 1.82) is 0 Å². The Balaban J connectivity index is 3.18. The molecule has 0 bridgehead atoms. The van der Waals surface area contributed by atoms with Gasteiger partial charge >= 0.3 is 17.7 Å². The Morgan fingerprint density at radius 1 is 0.923 bits per heavy atom. The molecule has 1 saturated carbocycles. The van der Waals surface area contributed by atoms with Gasteiger partial charge in [-0.25, -0.2) is 4.39 Å². The zero-order valence-corrected chi connectivity index (χ0v) is 7.57. The van der Waals surface area contributed by atoms with Crippen molar-refractivity contribution in [3.63, 3.8) is 0 Å². The maximum atomic E-state index is 13.0. The van der Waals surface area contributed by atoms with E-state index in [0.29, 0.717) is 7.11 Å². The fraction of sp³-hybridized carbons (Fsp3) is 1.00. The fourth-order valence-electron chi connectivity index (χ4n) is 0.992. The SMILES string of the molecule is COC1(F)C(F)(F)C(F)(F)C1(Cl)Cl. The first-order chi connectivity index (χ1) is 5.56. The van der Waals surface area contributed by atoms with Crippen LogP contribution in [0.5, 0.6) is 0 Å². The molecule has 1 atom stereocenters. The van der Waals surface area contributed by atoms with Crippen LogP contribution in [0.2, 0.25) is 0 Å². The minimum atomic E-state index is -5.03. The predicted octanol–water partition coefficient (Wildman–Crippen LogP) is 2.76. The summed E-state index contributed by atoms with van der Waals surface area (Å²) in [4.78, 5) is 0. The molecular weight excluding hydrogens is 242 g/mol. The Morgan fingerprint density at radius 2 is 1.31 bits per heavy atom. The van der Waals surface area contributed by atoms with E-state index in [9.17, 15) is 22.0 Å². The standard InChI is InChI=1S/C5H3Cl2F5O/c1-13-5(12)2(6,7)3(8,9)4(5,10)11/h1H3. The van der Waals surface area contributed by atoms with Gasteiger partial charge in [-0.3, -0.25) is 0 Å². The molecule has 0 amide bonds. The van der Waals surface area contributed by atoms with Crippen LogP contribution in [0.25, 0.3) is 0 Å². The largest absolute Gasteiger partial charge is 0.374 e. The summed E-state index contributed by atoms with van der Waals surface area (Å²) in [5.74, 6) is -13.9. The Hall–Kier alpha value is 0.190. The molecule has 0 heterocycles. The maximum Gasteiger partial charge on any atom is 0.374 e. The van der Waals surface area contributed by atoms with Crippen LogP contribution < -0.4 is 0 Å². The van der Waals surface area contributed by atoms with Crippen molar-refractivity contribution in [3.05, 3.63) is 0 Å². The van der Waals surface area contributed by atoms with Crippen LogP contribution in [-0.2, 0) is 4.74 Å². The molecule has 0 aromatic carbocycles. The lowest BCUT2D eigenvalue weighted by atomic mass is 9.81. The third-order valence-electron chi connectivity index (χ3n) is 1.88. The van der Waals surface area contributed by atoms with Gasteiger partial charge in [-0.05, 0) is 0 Å². The Kier molecular flexibility index (Phi) is 2.08. The molecular formula is C5H3Cl2F5O. The van der Waals surface area contributed by atoms with E-state index in [-0.39, 0.29) is 0 Å². The molecule has 13 heavy (non-hydrogen) atoms. The molecule has 0 N–H and O–H groups in total. The summed E-state index contributed by atoms with van der Waals surface area (Å²) in [5, 5.41) is 0. The second-order valence-corrected chi connectivity index (χ2v) is 3.85. The molecule has 1 aliphatic rings. The van der Waals surface area contributed by atoms with Gasteiger partial charge in [0.05, 0.1) is 0 Å². The van der Waals surface area contributed by atoms with Gasteiger partial charge < -0.3 is 4.74 Å². The second kappa shape index (κ2) is 2.41. The highest BCUT2D eigenvalue weighted by Crippen LogP contribution is 2.70. The van der Waals surface area contributed by atoms with Gasteiger partial charge in [0.1, 0.15) is 0 Å². The number of hydrogen-bond acceptors (Lipinski definition) is 1. The van der Waals surface area contributed by atoms with E-state index in [1.54, 1.807) is 0 Å². The molecule has 8 heteroatoms. The van der Waals surface area contributed by atoms with Crippen molar-refractivity contribution < 1.29 is 26.7 Å². The van der Waals surface area contributed by atoms with Crippen molar-refractivity contribution in [2.75, 3.05) is 7.11 Å². The smallest absolute Gasteiger partial charge is 0.342 e. The van der Waals surface area contributed by atoms with E-state index in [1.807, 2.05) is 0 Å². The minimum absolute atomic E-state index is 0.475. The van der Waals surface area contributed by atoms with E-state index in [0.717, 1.165) is 0 Å². The van der Waals surface area contributed by atoms with E-state index in [1.165, 1.54) is 0 Å². The zero-order chi connectivity index (χ0) is 10.7.